The number of hydrogen-bond donors (Lipinski definition) is 0. The van der Waals surface area contributed by atoms with E-state index in [2.05, 4.69) is 4.98 Å². The first-order chi connectivity index (χ1) is 10.5. The third kappa shape index (κ3) is 2.93. The second-order valence-corrected chi connectivity index (χ2v) is 7.44. The topological polar surface area (TPSA) is 33.2 Å². The molecule has 22 heavy (non-hydrogen) atoms. The summed E-state index contributed by atoms with van der Waals surface area (Å²) in [6, 6.07) is 0.279. The number of rotatable bonds is 1. The van der Waals surface area contributed by atoms with Crippen LogP contribution in [0.4, 0.5) is 0 Å². The van der Waals surface area contributed by atoms with Gasteiger partial charge in [0.1, 0.15) is 10.8 Å². The van der Waals surface area contributed by atoms with Crippen LogP contribution in [0.1, 0.15) is 49.0 Å². The number of piperidine rings is 1. The summed E-state index contributed by atoms with van der Waals surface area (Å²) in [6.45, 7) is 0.732. The van der Waals surface area contributed by atoms with E-state index in [0.29, 0.717) is 5.92 Å². The van der Waals surface area contributed by atoms with Crippen molar-refractivity contribution in [2.24, 2.45) is 5.92 Å². The third-order valence-electron chi connectivity index (χ3n) is 4.69. The summed E-state index contributed by atoms with van der Waals surface area (Å²) < 4.78 is 0. The van der Waals surface area contributed by atoms with Crippen LogP contribution in [0.15, 0.2) is 0 Å². The van der Waals surface area contributed by atoms with Gasteiger partial charge in [0, 0.05) is 12.6 Å². The molecule has 1 aliphatic heterocycles. The lowest BCUT2D eigenvalue weighted by Crippen LogP contribution is -2.49. The van der Waals surface area contributed by atoms with Crippen LogP contribution in [0.3, 0.4) is 0 Å². The summed E-state index contributed by atoms with van der Waals surface area (Å²) in [5.41, 5.74) is 0.104. The molecule has 2 atom stereocenters. The summed E-state index contributed by atoms with van der Waals surface area (Å²) in [5.74, 6) is 0.394. The molecule has 3 nitrogen and oxygen atoms in total. The van der Waals surface area contributed by atoms with E-state index < -0.39 is 0 Å². The van der Waals surface area contributed by atoms with Crippen LogP contribution in [0, 0.1) is 5.92 Å². The van der Waals surface area contributed by atoms with Crippen LogP contribution in [0.25, 0.3) is 0 Å². The number of hydrogen-bond acceptors (Lipinski definition) is 2. The van der Waals surface area contributed by atoms with Gasteiger partial charge in [-0.25, -0.2) is 4.98 Å². The molecule has 2 heterocycles. The molecular formula is C15H16Cl4N2O. The first-order valence-corrected chi connectivity index (χ1v) is 9.03. The highest BCUT2D eigenvalue weighted by molar-refractivity contribution is 6.52. The van der Waals surface area contributed by atoms with Gasteiger partial charge in [0.05, 0.1) is 15.1 Å². The first kappa shape index (κ1) is 16.6. The van der Waals surface area contributed by atoms with Crippen molar-refractivity contribution in [2.75, 3.05) is 6.54 Å². The molecule has 0 aromatic carbocycles. The van der Waals surface area contributed by atoms with Gasteiger partial charge in [-0.05, 0) is 31.6 Å². The predicted octanol–water partition coefficient (Wildman–Crippen LogP) is 5.49. The zero-order valence-electron chi connectivity index (χ0n) is 11.9. The molecule has 3 rings (SSSR count). The van der Waals surface area contributed by atoms with Crippen molar-refractivity contribution in [3.8, 4) is 0 Å². The monoisotopic (exact) mass is 380 g/mol. The van der Waals surface area contributed by atoms with Gasteiger partial charge in [0.25, 0.3) is 5.91 Å². The Bertz CT molecular complexity index is 606. The maximum atomic E-state index is 12.9. The van der Waals surface area contributed by atoms with Crippen LogP contribution < -0.4 is 0 Å². The number of pyridine rings is 1. The van der Waals surface area contributed by atoms with E-state index in [1.54, 1.807) is 0 Å². The number of halogens is 4. The molecule has 7 heteroatoms. The molecule has 120 valence electrons. The fraction of sp³-hybridized carbons (Fsp3) is 0.600. The Balaban J connectivity index is 1.93. The summed E-state index contributed by atoms with van der Waals surface area (Å²) in [5, 5.41) is 0.263. The second-order valence-electron chi connectivity index (χ2n) is 5.95. The maximum absolute atomic E-state index is 12.9. The smallest absolute Gasteiger partial charge is 0.274 e. The summed E-state index contributed by atoms with van der Waals surface area (Å²) in [4.78, 5) is 18.9. The molecule has 2 aliphatic rings. The van der Waals surface area contributed by atoms with E-state index in [4.69, 9.17) is 46.4 Å². The van der Waals surface area contributed by atoms with Crippen molar-refractivity contribution >= 4 is 52.3 Å². The lowest BCUT2D eigenvalue weighted by molar-refractivity contribution is 0.0385. The SMILES string of the molecule is O=C(c1nc(Cl)c(Cl)c(Cl)c1Cl)N1CCCC2CCCCC21. The molecule has 2 fully saturated rings. The molecule has 1 aromatic heterocycles. The molecule has 1 amide bonds. The number of carbonyl (C=O) groups excluding carboxylic acids is 1. The largest absolute Gasteiger partial charge is 0.334 e. The predicted molar refractivity (Wildman–Crippen MR) is 90.3 cm³/mol. The Hall–Kier alpha value is -0.220. The number of likely N-dealkylation sites (tertiary alicyclic amines) is 1. The Morgan fingerprint density at radius 1 is 0.955 bits per heavy atom. The lowest BCUT2D eigenvalue weighted by Gasteiger charge is -2.44. The van der Waals surface area contributed by atoms with Crippen LogP contribution in [-0.4, -0.2) is 28.4 Å². The fourth-order valence-electron chi connectivity index (χ4n) is 3.64. The standard InChI is InChI=1S/C15H16Cl4N2O/c16-10-11(17)13(20-14(19)12(10)18)15(22)21-7-3-5-8-4-1-2-6-9(8)21/h8-9H,1-7H2. The minimum atomic E-state index is -0.193. The minimum Gasteiger partial charge on any atom is -0.334 e. The number of fused-ring (bicyclic) bond motifs is 1. The third-order valence-corrected chi connectivity index (χ3v) is 6.37. The fourth-order valence-corrected chi connectivity index (χ4v) is 4.45. The van der Waals surface area contributed by atoms with Gasteiger partial charge in [-0.2, -0.15) is 0 Å². The maximum Gasteiger partial charge on any atom is 0.274 e. The van der Waals surface area contributed by atoms with Gasteiger partial charge in [-0.1, -0.05) is 59.2 Å². The van der Waals surface area contributed by atoms with E-state index in [9.17, 15) is 4.79 Å². The second kappa shape index (κ2) is 6.72. The van der Waals surface area contributed by atoms with Gasteiger partial charge < -0.3 is 4.90 Å². The summed E-state index contributed by atoms with van der Waals surface area (Å²) in [7, 11) is 0. The van der Waals surface area contributed by atoms with Gasteiger partial charge in [-0.15, -0.1) is 0 Å². The molecule has 1 aliphatic carbocycles. The van der Waals surface area contributed by atoms with Crippen molar-refractivity contribution in [2.45, 2.75) is 44.6 Å². The molecule has 0 bridgehead atoms. The van der Waals surface area contributed by atoms with E-state index >= 15 is 0 Å². The van der Waals surface area contributed by atoms with Gasteiger partial charge in [0.15, 0.2) is 0 Å². The normalized spacial score (nSPS) is 25.0. The Morgan fingerprint density at radius 2 is 1.64 bits per heavy atom. The van der Waals surface area contributed by atoms with Crippen molar-refractivity contribution in [3.63, 3.8) is 0 Å². The Morgan fingerprint density at radius 3 is 2.41 bits per heavy atom. The van der Waals surface area contributed by atoms with Crippen molar-refractivity contribution in [3.05, 3.63) is 25.9 Å². The van der Waals surface area contributed by atoms with E-state index in [-0.39, 0.29) is 37.9 Å². The zero-order chi connectivity index (χ0) is 15.9. The van der Waals surface area contributed by atoms with Crippen molar-refractivity contribution in [1.82, 2.24) is 9.88 Å². The highest BCUT2D eigenvalue weighted by Gasteiger charge is 2.37. The van der Waals surface area contributed by atoms with Gasteiger partial charge >= 0.3 is 0 Å². The highest BCUT2D eigenvalue weighted by Crippen LogP contribution is 2.39. The van der Waals surface area contributed by atoms with Crippen LogP contribution in [0.2, 0.25) is 20.2 Å². The van der Waals surface area contributed by atoms with Gasteiger partial charge in [-0.3, -0.25) is 4.79 Å². The van der Waals surface area contributed by atoms with Gasteiger partial charge in [0.2, 0.25) is 0 Å². The molecular weight excluding hydrogens is 366 g/mol. The summed E-state index contributed by atoms with van der Waals surface area (Å²) in [6.07, 6.45) is 6.85. The molecule has 1 aromatic rings. The minimum absolute atomic E-state index is 0.0108. The summed E-state index contributed by atoms with van der Waals surface area (Å²) >= 11 is 24.1. The zero-order valence-corrected chi connectivity index (χ0v) is 14.9. The lowest BCUT2D eigenvalue weighted by atomic mass is 9.78. The quantitative estimate of drug-likeness (QED) is 0.602. The Labute approximate surface area is 149 Å². The molecule has 0 spiro atoms. The molecule has 1 saturated carbocycles. The molecule has 1 saturated heterocycles. The Kier molecular flexibility index (Phi) is 5.08. The molecule has 0 N–H and O–H groups in total. The number of carbonyl (C=O) groups is 1. The van der Waals surface area contributed by atoms with E-state index in [0.717, 1.165) is 25.8 Å². The van der Waals surface area contributed by atoms with Crippen LogP contribution >= 0.6 is 46.4 Å². The van der Waals surface area contributed by atoms with E-state index in [1.165, 1.54) is 19.3 Å². The molecule has 2 unspecified atom stereocenters. The van der Waals surface area contributed by atoms with Crippen molar-refractivity contribution < 1.29 is 4.79 Å². The average molecular weight is 382 g/mol. The van der Waals surface area contributed by atoms with Crippen LogP contribution in [0.5, 0.6) is 0 Å². The number of aromatic nitrogens is 1. The van der Waals surface area contributed by atoms with Crippen molar-refractivity contribution in [1.29, 1.82) is 0 Å². The van der Waals surface area contributed by atoms with E-state index in [1.807, 2.05) is 4.90 Å². The van der Waals surface area contributed by atoms with Crippen LogP contribution in [-0.2, 0) is 0 Å². The average Bonchev–Trinajstić information content (AvgIpc) is 2.55. The molecule has 0 radical (unpaired) electrons. The highest BCUT2D eigenvalue weighted by atomic mass is 35.5. The number of amides is 1. The first-order valence-electron chi connectivity index (χ1n) is 7.51. The number of nitrogens with zero attached hydrogens (tertiary/aromatic N) is 2.